The standard InChI is InChI=1S/C13H14ClN3O2/c14-12-2-1-10(5-9(12)7-15)17-13(18)6-11-8-19-4-3-16-11/h1-2,5,11,16H,3-4,6,8H2,(H,17,18). The number of rotatable bonds is 3. The molecule has 2 rings (SSSR count). The summed E-state index contributed by atoms with van der Waals surface area (Å²) in [4.78, 5) is 11.8. The van der Waals surface area contributed by atoms with Crippen LogP contribution in [0.1, 0.15) is 12.0 Å². The third-order valence-electron chi connectivity index (χ3n) is 2.80. The van der Waals surface area contributed by atoms with E-state index in [2.05, 4.69) is 10.6 Å². The van der Waals surface area contributed by atoms with Crippen molar-refractivity contribution in [1.82, 2.24) is 5.32 Å². The molecule has 100 valence electrons. The van der Waals surface area contributed by atoms with Crippen LogP contribution < -0.4 is 10.6 Å². The van der Waals surface area contributed by atoms with Gasteiger partial charge in [0.2, 0.25) is 5.91 Å². The van der Waals surface area contributed by atoms with Gasteiger partial charge in [0, 0.05) is 24.7 Å². The summed E-state index contributed by atoms with van der Waals surface area (Å²) in [6.45, 7) is 1.98. The first kappa shape index (κ1) is 13.8. The Morgan fingerprint density at radius 1 is 1.63 bits per heavy atom. The molecule has 5 nitrogen and oxygen atoms in total. The normalized spacial score (nSPS) is 18.6. The summed E-state index contributed by atoms with van der Waals surface area (Å²) < 4.78 is 5.28. The number of ether oxygens (including phenoxy) is 1. The van der Waals surface area contributed by atoms with E-state index in [1.165, 1.54) is 0 Å². The number of hydrogen-bond acceptors (Lipinski definition) is 4. The third-order valence-corrected chi connectivity index (χ3v) is 3.13. The van der Waals surface area contributed by atoms with Crippen LogP contribution in [0, 0.1) is 11.3 Å². The minimum atomic E-state index is -0.116. The second-order valence-electron chi connectivity index (χ2n) is 4.28. The van der Waals surface area contributed by atoms with Gasteiger partial charge < -0.3 is 15.4 Å². The summed E-state index contributed by atoms with van der Waals surface area (Å²) in [5.74, 6) is -0.116. The topological polar surface area (TPSA) is 74.2 Å². The lowest BCUT2D eigenvalue weighted by Crippen LogP contribution is -2.43. The monoisotopic (exact) mass is 279 g/mol. The smallest absolute Gasteiger partial charge is 0.226 e. The molecule has 1 aliphatic rings. The summed E-state index contributed by atoms with van der Waals surface area (Å²) in [6, 6.07) is 6.84. The minimum Gasteiger partial charge on any atom is -0.378 e. The van der Waals surface area contributed by atoms with Crippen molar-refractivity contribution in [2.24, 2.45) is 0 Å². The Labute approximate surface area is 116 Å². The van der Waals surface area contributed by atoms with Gasteiger partial charge in [0.05, 0.1) is 23.8 Å². The predicted octanol–water partition coefficient (Wildman–Crippen LogP) is 1.53. The van der Waals surface area contributed by atoms with Crippen molar-refractivity contribution in [3.05, 3.63) is 28.8 Å². The number of anilines is 1. The Bertz CT molecular complexity index is 507. The first-order chi connectivity index (χ1) is 9.19. The van der Waals surface area contributed by atoms with Crippen LogP contribution in [0.15, 0.2) is 18.2 Å². The number of benzene rings is 1. The number of amides is 1. The fourth-order valence-corrected chi connectivity index (χ4v) is 2.04. The SMILES string of the molecule is N#Cc1cc(NC(=O)CC2COCCN2)ccc1Cl. The Morgan fingerprint density at radius 3 is 3.16 bits per heavy atom. The molecule has 0 bridgehead atoms. The Morgan fingerprint density at radius 2 is 2.47 bits per heavy atom. The lowest BCUT2D eigenvalue weighted by atomic mass is 10.1. The van der Waals surface area contributed by atoms with E-state index in [0.717, 1.165) is 6.54 Å². The van der Waals surface area contributed by atoms with Crippen molar-refractivity contribution < 1.29 is 9.53 Å². The van der Waals surface area contributed by atoms with Gasteiger partial charge in [-0.15, -0.1) is 0 Å². The summed E-state index contributed by atoms with van der Waals surface area (Å²) in [5.41, 5.74) is 0.918. The molecule has 1 atom stereocenters. The molecule has 0 aliphatic carbocycles. The molecular formula is C13H14ClN3O2. The second-order valence-corrected chi connectivity index (χ2v) is 4.69. The molecule has 1 saturated heterocycles. The number of nitriles is 1. The van der Waals surface area contributed by atoms with Gasteiger partial charge in [-0.2, -0.15) is 5.26 Å². The zero-order chi connectivity index (χ0) is 13.7. The maximum atomic E-state index is 11.8. The van der Waals surface area contributed by atoms with Crippen molar-refractivity contribution in [2.75, 3.05) is 25.1 Å². The molecule has 1 unspecified atom stereocenters. The van der Waals surface area contributed by atoms with Gasteiger partial charge in [-0.3, -0.25) is 4.79 Å². The fraction of sp³-hybridized carbons (Fsp3) is 0.385. The van der Waals surface area contributed by atoms with Crippen molar-refractivity contribution >= 4 is 23.2 Å². The van der Waals surface area contributed by atoms with Gasteiger partial charge in [-0.25, -0.2) is 0 Å². The maximum absolute atomic E-state index is 11.8. The van der Waals surface area contributed by atoms with E-state index in [0.29, 0.717) is 35.9 Å². The molecule has 1 amide bonds. The minimum absolute atomic E-state index is 0.0384. The van der Waals surface area contributed by atoms with Gasteiger partial charge in [-0.05, 0) is 18.2 Å². The maximum Gasteiger partial charge on any atom is 0.226 e. The van der Waals surface area contributed by atoms with Crippen molar-refractivity contribution in [3.63, 3.8) is 0 Å². The second kappa shape index (κ2) is 6.53. The summed E-state index contributed by atoms with van der Waals surface area (Å²) in [7, 11) is 0. The van der Waals surface area contributed by atoms with Crippen molar-refractivity contribution in [1.29, 1.82) is 5.26 Å². The number of hydrogen-bond donors (Lipinski definition) is 2. The average molecular weight is 280 g/mol. The molecule has 1 aliphatic heterocycles. The van der Waals surface area contributed by atoms with Crippen LogP contribution in [0.4, 0.5) is 5.69 Å². The van der Waals surface area contributed by atoms with Crippen molar-refractivity contribution in [2.45, 2.75) is 12.5 Å². The fourth-order valence-electron chi connectivity index (χ4n) is 1.88. The number of nitrogens with zero attached hydrogens (tertiary/aromatic N) is 1. The molecular weight excluding hydrogens is 266 g/mol. The van der Waals surface area contributed by atoms with E-state index >= 15 is 0 Å². The number of carbonyl (C=O) groups is 1. The van der Waals surface area contributed by atoms with Gasteiger partial charge in [0.15, 0.2) is 0 Å². The van der Waals surface area contributed by atoms with Crippen LogP contribution in [0.5, 0.6) is 0 Å². The van der Waals surface area contributed by atoms with E-state index in [4.69, 9.17) is 21.6 Å². The summed E-state index contributed by atoms with van der Waals surface area (Å²) in [5, 5.41) is 15.2. The Kier molecular flexibility index (Phi) is 4.74. The summed E-state index contributed by atoms with van der Waals surface area (Å²) in [6.07, 6.45) is 0.338. The lowest BCUT2D eigenvalue weighted by molar-refractivity contribution is -0.117. The highest BCUT2D eigenvalue weighted by atomic mass is 35.5. The molecule has 0 spiro atoms. The van der Waals surface area contributed by atoms with Crippen molar-refractivity contribution in [3.8, 4) is 6.07 Å². The third kappa shape index (κ3) is 3.93. The van der Waals surface area contributed by atoms with Crippen LogP contribution in [-0.2, 0) is 9.53 Å². The zero-order valence-corrected chi connectivity index (χ0v) is 11.0. The van der Waals surface area contributed by atoms with Gasteiger partial charge in [0.1, 0.15) is 6.07 Å². The molecule has 1 aromatic rings. The molecule has 1 aromatic carbocycles. The van der Waals surface area contributed by atoms with E-state index in [9.17, 15) is 4.79 Å². The molecule has 0 aromatic heterocycles. The molecule has 1 fully saturated rings. The highest BCUT2D eigenvalue weighted by Crippen LogP contribution is 2.19. The van der Waals surface area contributed by atoms with Crippen LogP contribution in [0.3, 0.4) is 0 Å². The first-order valence-electron chi connectivity index (χ1n) is 5.99. The molecule has 0 saturated carbocycles. The van der Waals surface area contributed by atoms with Gasteiger partial charge in [0.25, 0.3) is 0 Å². The Hall–Kier alpha value is -1.61. The number of halogens is 1. The van der Waals surface area contributed by atoms with E-state index < -0.39 is 0 Å². The summed E-state index contributed by atoms with van der Waals surface area (Å²) >= 11 is 5.83. The molecule has 0 radical (unpaired) electrons. The van der Waals surface area contributed by atoms with Crippen LogP contribution in [0.2, 0.25) is 5.02 Å². The average Bonchev–Trinajstić information content (AvgIpc) is 2.42. The van der Waals surface area contributed by atoms with Crippen LogP contribution in [-0.4, -0.2) is 31.7 Å². The number of nitrogens with one attached hydrogen (secondary N) is 2. The highest BCUT2D eigenvalue weighted by Gasteiger charge is 2.17. The molecule has 6 heteroatoms. The molecule has 1 heterocycles. The number of morpholine rings is 1. The predicted molar refractivity (Wildman–Crippen MR) is 72.0 cm³/mol. The molecule has 19 heavy (non-hydrogen) atoms. The zero-order valence-electron chi connectivity index (χ0n) is 10.3. The van der Waals surface area contributed by atoms with E-state index in [-0.39, 0.29) is 11.9 Å². The lowest BCUT2D eigenvalue weighted by Gasteiger charge is -2.23. The Balaban J connectivity index is 1.93. The van der Waals surface area contributed by atoms with Gasteiger partial charge in [-0.1, -0.05) is 11.6 Å². The van der Waals surface area contributed by atoms with E-state index in [1.54, 1.807) is 18.2 Å². The largest absolute Gasteiger partial charge is 0.378 e. The number of carbonyl (C=O) groups excluding carboxylic acids is 1. The van der Waals surface area contributed by atoms with Gasteiger partial charge >= 0.3 is 0 Å². The first-order valence-corrected chi connectivity index (χ1v) is 6.37. The highest BCUT2D eigenvalue weighted by molar-refractivity contribution is 6.31. The van der Waals surface area contributed by atoms with Crippen LogP contribution in [0.25, 0.3) is 0 Å². The van der Waals surface area contributed by atoms with E-state index in [1.807, 2.05) is 6.07 Å². The van der Waals surface area contributed by atoms with Crippen LogP contribution >= 0.6 is 11.6 Å². The quantitative estimate of drug-likeness (QED) is 0.880. The molecule has 2 N–H and O–H groups in total.